The molecule has 0 radical (unpaired) electrons. The topological polar surface area (TPSA) is 114 Å². The van der Waals surface area contributed by atoms with Crippen molar-refractivity contribution >= 4 is 18.1 Å². The molecule has 0 unspecified atom stereocenters. The summed E-state index contributed by atoms with van der Waals surface area (Å²) in [7, 11) is 2.85. The Morgan fingerprint density at radius 1 is 1.33 bits per heavy atom. The Balaban J connectivity index is 0.00000289. The van der Waals surface area contributed by atoms with Gasteiger partial charge in [0.25, 0.3) is 5.69 Å². The van der Waals surface area contributed by atoms with E-state index < -0.39 is 11.0 Å². The first-order valence-electron chi connectivity index (χ1n) is 4.91. The molecule has 0 fully saturated rings. The van der Waals surface area contributed by atoms with Gasteiger partial charge in [0.15, 0.2) is 11.5 Å². The molecule has 0 aromatic heterocycles. The molecular formula is C10H16ClN3O4. The minimum Gasteiger partial charge on any atom is -0.493 e. The van der Waals surface area contributed by atoms with Gasteiger partial charge in [-0.15, -0.1) is 12.4 Å². The lowest BCUT2D eigenvalue weighted by molar-refractivity contribution is -0.385. The first-order chi connectivity index (χ1) is 8.04. The number of nitrogens with zero attached hydrogens (tertiary/aromatic N) is 1. The van der Waals surface area contributed by atoms with E-state index in [1.807, 2.05) is 0 Å². The van der Waals surface area contributed by atoms with Gasteiger partial charge in [0.2, 0.25) is 0 Å². The summed E-state index contributed by atoms with van der Waals surface area (Å²) in [6.45, 7) is 0.107. The van der Waals surface area contributed by atoms with Crippen molar-refractivity contribution in [3.8, 4) is 11.5 Å². The Bertz CT molecular complexity index is 428. The maximum absolute atomic E-state index is 10.9. The van der Waals surface area contributed by atoms with Gasteiger partial charge in [0.05, 0.1) is 30.8 Å². The zero-order chi connectivity index (χ0) is 13.0. The van der Waals surface area contributed by atoms with E-state index in [0.717, 1.165) is 0 Å². The highest BCUT2D eigenvalue weighted by Gasteiger charge is 2.22. The average molecular weight is 278 g/mol. The van der Waals surface area contributed by atoms with E-state index >= 15 is 0 Å². The Kier molecular flexibility index (Phi) is 6.39. The third-order valence-electron chi connectivity index (χ3n) is 2.38. The molecule has 1 atom stereocenters. The summed E-state index contributed by atoms with van der Waals surface area (Å²) >= 11 is 0. The van der Waals surface area contributed by atoms with Crippen LogP contribution in [0.5, 0.6) is 11.5 Å². The molecule has 0 aliphatic carbocycles. The van der Waals surface area contributed by atoms with Crippen LogP contribution in [0.2, 0.25) is 0 Å². The molecule has 0 saturated heterocycles. The fraction of sp³-hybridized carbons (Fsp3) is 0.400. The number of halogens is 1. The van der Waals surface area contributed by atoms with Crippen molar-refractivity contribution in [2.24, 2.45) is 11.5 Å². The maximum atomic E-state index is 10.9. The minimum absolute atomic E-state index is 0. The second-order valence-electron chi connectivity index (χ2n) is 3.37. The lowest BCUT2D eigenvalue weighted by Gasteiger charge is -2.13. The molecule has 8 heteroatoms. The highest BCUT2D eigenvalue weighted by molar-refractivity contribution is 5.85. The predicted molar refractivity (Wildman–Crippen MR) is 69.4 cm³/mol. The van der Waals surface area contributed by atoms with Crippen molar-refractivity contribution < 1.29 is 14.4 Å². The molecule has 1 rings (SSSR count). The zero-order valence-corrected chi connectivity index (χ0v) is 10.9. The van der Waals surface area contributed by atoms with Gasteiger partial charge in [0, 0.05) is 12.6 Å². The number of hydrogen-bond acceptors (Lipinski definition) is 6. The summed E-state index contributed by atoms with van der Waals surface area (Å²) in [5, 5.41) is 10.9. The average Bonchev–Trinajstić information content (AvgIpc) is 2.35. The van der Waals surface area contributed by atoms with Crippen LogP contribution in [0.15, 0.2) is 12.1 Å². The van der Waals surface area contributed by atoms with E-state index in [1.165, 1.54) is 26.4 Å². The van der Waals surface area contributed by atoms with E-state index in [0.29, 0.717) is 11.3 Å². The Morgan fingerprint density at radius 3 is 2.22 bits per heavy atom. The van der Waals surface area contributed by atoms with E-state index in [-0.39, 0.29) is 30.4 Å². The van der Waals surface area contributed by atoms with E-state index in [2.05, 4.69) is 0 Å². The number of methoxy groups -OCH3 is 2. The van der Waals surface area contributed by atoms with Crippen LogP contribution in [0.3, 0.4) is 0 Å². The summed E-state index contributed by atoms with van der Waals surface area (Å²) in [5.41, 5.74) is 11.3. The molecule has 0 heterocycles. The monoisotopic (exact) mass is 277 g/mol. The molecule has 0 aliphatic rings. The summed E-state index contributed by atoms with van der Waals surface area (Å²) in [4.78, 5) is 10.4. The van der Waals surface area contributed by atoms with Crippen molar-refractivity contribution in [3.05, 3.63) is 27.8 Å². The van der Waals surface area contributed by atoms with Crippen LogP contribution in [0.25, 0.3) is 0 Å². The van der Waals surface area contributed by atoms with Crippen LogP contribution in [-0.2, 0) is 0 Å². The maximum Gasteiger partial charge on any atom is 0.278 e. The van der Waals surface area contributed by atoms with Crippen molar-refractivity contribution in [3.63, 3.8) is 0 Å². The van der Waals surface area contributed by atoms with Gasteiger partial charge in [-0.3, -0.25) is 10.1 Å². The second kappa shape index (κ2) is 7.00. The highest BCUT2D eigenvalue weighted by Crippen LogP contribution is 2.36. The van der Waals surface area contributed by atoms with Gasteiger partial charge in [-0.25, -0.2) is 0 Å². The van der Waals surface area contributed by atoms with Crippen LogP contribution in [0.4, 0.5) is 5.69 Å². The van der Waals surface area contributed by atoms with Crippen LogP contribution < -0.4 is 20.9 Å². The van der Waals surface area contributed by atoms with Gasteiger partial charge in [0.1, 0.15) is 0 Å². The van der Waals surface area contributed by atoms with Crippen molar-refractivity contribution in [2.45, 2.75) is 6.04 Å². The zero-order valence-electron chi connectivity index (χ0n) is 10.1. The minimum atomic E-state index is -0.616. The van der Waals surface area contributed by atoms with Crippen LogP contribution in [0, 0.1) is 10.1 Å². The standard InChI is InChI=1S/C10H15N3O4.ClH/c1-16-9-3-6(7(12)5-11)8(13(14)15)4-10(9)17-2;/h3-4,7H,5,11-12H2,1-2H3;1H/t7-;/m1./s1. The number of ether oxygens (including phenoxy) is 2. The van der Waals surface area contributed by atoms with Gasteiger partial charge in [-0.05, 0) is 6.07 Å². The number of nitro benzene ring substituents is 1. The Morgan fingerprint density at radius 2 is 1.83 bits per heavy atom. The fourth-order valence-electron chi connectivity index (χ4n) is 1.47. The number of benzene rings is 1. The summed E-state index contributed by atoms with van der Waals surface area (Å²) in [6, 6.07) is 2.15. The molecule has 7 nitrogen and oxygen atoms in total. The van der Waals surface area contributed by atoms with Crippen molar-refractivity contribution in [2.75, 3.05) is 20.8 Å². The van der Waals surface area contributed by atoms with Crippen LogP contribution in [-0.4, -0.2) is 25.7 Å². The second-order valence-corrected chi connectivity index (χ2v) is 3.37. The van der Waals surface area contributed by atoms with Gasteiger partial charge >= 0.3 is 0 Å². The largest absolute Gasteiger partial charge is 0.493 e. The van der Waals surface area contributed by atoms with Gasteiger partial charge in [-0.2, -0.15) is 0 Å². The molecule has 0 amide bonds. The molecule has 1 aromatic rings. The van der Waals surface area contributed by atoms with Crippen LogP contribution in [0.1, 0.15) is 11.6 Å². The third kappa shape index (κ3) is 3.22. The first-order valence-corrected chi connectivity index (χ1v) is 4.91. The summed E-state index contributed by atoms with van der Waals surface area (Å²) in [6.07, 6.45) is 0. The fourth-order valence-corrected chi connectivity index (χ4v) is 1.47. The number of nitrogens with two attached hydrogens (primary N) is 2. The van der Waals surface area contributed by atoms with Crippen molar-refractivity contribution in [1.82, 2.24) is 0 Å². The molecule has 18 heavy (non-hydrogen) atoms. The highest BCUT2D eigenvalue weighted by atomic mass is 35.5. The van der Waals surface area contributed by atoms with Crippen molar-refractivity contribution in [1.29, 1.82) is 0 Å². The molecular weight excluding hydrogens is 262 g/mol. The normalized spacial score (nSPS) is 11.3. The van der Waals surface area contributed by atoms with Crippen LogP contribution >= 0.6 is 12.4 Å². The molecule has 0 bridgehead atoms. The molecule has 102 valence electrons. The molecule has 0 saturated carbocycles. The molecule has 0 spiro atoms. The van der Waals surface area contributed by atoms with E-state index in [9.17, 15) is 10.1 Å². The molecule has 4 N–H and O–H groups in total. The number of nitro groups is 1. The Hall–Kier alpha value is -1.57. The summed E-state index contributed by atoms with van der Waals surface area (Å²) < 4.78 is 10.1. The Labute approximate surface area is 111 Å². The van der Waals surface area contributed by atoms with Gasteiger partial charge < -0.3 is 20.9 Å². The van der Waals surface area contributed by atoms with E-state index in [1.54, 1.807) is 0 Å². The quantitative estimate of drug-likeness (QED) is 0.613. The summed E-state index contributed by atoms with van der Waals surface area (Å²) in [5.74, 6) is 0.671. The molecule has 0 aliphatic heterocycles. The third-order valence-corrected chi connectivity index (χ3v) is 2.38. The molecule has 1 aromatic carbocycles. The SMILES string of the molecule is COc1cc([C@H](N)CN)c([N+](=O)[O-])cc1OC.Cl. The lowest BCUT2D eigenvalue weighted by Crippen LogP contribution is -2.21. The predicted octanol–water partition coefficient (Wildman–Crippen LogP) is 0.992. The lowest BCUT2D eigenvalue weighted by atomic mass is 10.0. The number of rotatable bonds is 5. The first kappa shape index (κ1) is 16.4. The smallest absolute Gasteiger partial charge is 0.278 e. The number of hydrogen-bond donors (Lipinski definition) is 2. The van der Waals surface area contributed by atoms with Gasteiger partial charge in [-0.1, -0.05) is 0 Å². The van der Waals surface area contributed by atoms with E-state index in [4.69, 9.17) is 20.9 Å².